The summed E-state index contributed by atoms with van der Waals surface area (Å²) in [6.07, 6.45) is 0.992. The molecule has 2 aromatic carbocycles. The lowest BCUT2D eigenvalue weighted by molar-refractivity contribution is -0.394. The molecule has 1 heterocycles. The Kier molecular flexibility index (Phi) is 6.87. The van der Waals surface area contributed by atoms with Crippen molar-refractivity contribution in [2.45, 2.75) is 6.54 Å². The molecule has 0 fully saturated rings. The average Bonchev–Trinajstić information content (AvgIpc) is 2.79. The van der Waals surface area contributed by atoms with Crippen molar-refractivity contribution in [2.24, 2.45) is 5.10 Å². The van der Waals surface area contributed by atoms with E-state index in [1.54, 1.807) is 19.0 Å². The van der Waals surface area contributed by atoms with Gasteiger partial charge in [-0.25, -0.2) is 5.43 Å². The van der Waals surface area contributed by atoms with Crippen LogP contribution in [0.5, 0.6) is 5.75 Å². The molecule has 1 aromatic heterocycles. The molecular weight excluding hydrogens is 434 g/mol. The second-order valence-corrected chi connectivity index (χ2v) is 6.80. The minimum absolute atomic E-state index is 0.0416. The molecule has 0 saturated carbocycles. The fourth-order valence-corrected chi connectivity index (χ4v) is 2.60. The smallest absolute Gasteiger partial charge is 0.318 e. The number of aromatic hydroxyl groups is 1. The maximum absolute atomic E-state index is 11.1. The van der Waals surface area contributed by atoms with E-state index in [1.807, 2.05) is 30.3 Å². The highest BCUT2D eigenvalue weighted by atomic mass is 16.6. The van der Waals surface area contributed by atoms with Crippen LogP contribution in [-0.2, 0) is 6.54 Å². The fraction of sp³-hybridized carbons (Fsp3) is 0.158. The third-order valence-corrected chi connectivity index (χ3v) is 4.20. The average molecular weight is 453 g/mol. The molecule has 14 heteroatoms. The lowest BCUT2D eigenvalue weighted by Gasteiger charge is -2.13. The van der Waals surface area contributed by atoms with Crippen LogP contribution in [0.3, 0.4) is 0 Å². The van der Waals surface area contributed by atoms with Gasteiger partial charge in [0.05, 0.1) is 27.7 Å². The van der Waals surface area contributed by atoms with Gasteiger partial charge in [-0.15, -0.1) is 0 Å². The van der Waals surface area contributed by atoms with E-state index in [2.05, 4.69) is 30.8 Å². The number of hydrogen-bond acceptors (Lipinski definition) is 12. The van der Waals surface area contributed by atoms with Crippen LogP contribution < -0.4 is 15.6 Å². The van der Waals surface area contributed by atoms with Gasteiger partial charge in [-0.1, -0.05) is 30.3 Å². The molecule has 0 aliphatic rings. The molecule has 3 rings (SSSR count). The van der Waals surface area contributed by atoms with E-state index in [0.717, 1.165) is 17.8 Å². The van der Waals surface area contributed by atoms with Crippen LogP contribution in [-0.4, -0.2) is 50.2 Å². The van der Waals surface area contributed by atoms with Crippen molar-refractivity contribution in [2.75, 3.05) is 29.7 Å². The van der Waals surface area contributed by atoms with Crippen LogP contribution in [0.4, 0.5) is 29.2 Å². The van der Waals surface area contributed by atoms with Crippen LogP contribution in [0.15, 0.2) is 47.6 Å². The zero-order valence-electron chi connectivity index (χ0n) is 17.5. The number of rotatable bonds is 9. The van der Waals surface area contributed by atoms with Crippen LogP contribution in [0, 0.1) is 20.2 Å². The van der Waals surface area contributed by atoms with E-state index in [0.29, 0.717) is 18.6 Å². The number of nitro benzene ring substituents is 2. The van der Waals surface area contributed by atoms with Crippen LogP contribution in [0.1, 0.15) is 11.1 Å². The topological polar surface area (TPSA) is 185 Å². The third-order valence-electron chi connectivity index (χ3n) is 4.20. The van der Waals surface area contributed by atoms with Gasteiger partial charge in [0.2, 0.25) is 23.6 Å². The fourth-order valence-electron chi connectivity index (χ4n) is 2.60. The molecule has 0 atom stereocenters. The summed E-state index contributed by atoms with van der Waals surface area (Å²) in [7, 11) is 3.48. The second-order valence-electron chi connectivity index (χ2n) is 6.80. The number of phenolic OH excluding ortho intramolecular Hbond substituents is 1. The summed E-state index contributed by atoms with van der Waals surface area (Å²) >= 11 is 0. The summed E-state index contributed by atoms with van der Waals surface area (Å²) in [6, 6.07) is 11.2. The van der Waals surface area contributed by atoms with Crippen LogP contribution in [0.25, 0.3) is 0 Å². The molecule has 3 N–H and O–H groups in total. The molecule has 0 spiro atoms. The van der Waals surface area contributed by atoms with Gasteiger partial charge in [-0.3, -0.25) is 20.2 Å². The zero-order chi connectivity index (χ0) is 24.0. The van der Waals surface area contributed by atoms with E-state index < -0.39 is 27.0 Å². The number of nitrogens with one attached hydrogen (secondary N) is 2. The van der Waals surface area contributed by atoms with E-state index in [4.69, 9.17) is 0 Å². The molecule has 0 amide bonds. The van der Waals surface area contributed by atoms with Crippen molar-refractivity contribution in [3.05, 3.63) is 73.8 Å². The number of hydrazone groups is 1. The summed E-state index contributed by atoms with van der Waals surface area (Å²) in [4.78, 5) is 34.7. The van der Waals surface area contributed by atoms with Crippen molar-refractivity contribution in [3.8, 4) is 5.75 Å². The largest absolute Gasteiger partial charge is 0.502 e. The van der Waals surface area contributed by atoms with Crippen molar-refractivity contribution in [1.29, 1.82) is 0 Å². The monoisotopic (exact) mass is 453 g/mol. The van der Waals surface area contributed by atoms with Crippen molar-refractivity contribution < 1.29 is 15.0 Å². The molecule has 33 heavy (non-hydrogen) atoms. The van der Waals surface area contributed by atoms with Gasteiger partial charge in [-0.2, -0.15) is 20.1 Å². The Morgan fingerprint density at radius 3 is 2.39 bits per heavy atom. The Bertz CT molecular complexity index is 1200. The predicted octanol–water partition coefficient (Wildman–Crippen LogP) is 2.52. The quantitative estimate of drug-likeness (QED) is 0.245. The predicted molar refractivity (Wildman–Crippen MR) is 121 cm³/mol. The van der Waals surface area contributed by atoms with Gasteiger partial charge in [0.1, 0.15) is 0 Å². The van der Waals surface area contributed by atoms with Gasteiger partial charge in [-0.05, 0) is 5.56 Å². The highest BCUT2D eigenvalue weighted by molar-refractivity contribution is 5.87. The summed E-state index contributed by atoms with van der Waals surface area (Å²) in [5.74, 6) is -0.123. The Morgan fingerprint density at radius 1 is 1.06 bits per heavy atom. The molecule has 0 bridgehead atoms. The van der Waals surface area contributed by atoms with Crippen LogP contribution in [0.2, 0.25) is 0 Å². The third kappa shape index (κ3) is 5.84. The second kappa shape index (κ2) is 9.95. The molecule has 0 saturated heterocycles. The van der Waals surface area contributed by atoms with Crippen molar-refractivity contribution in [3.63, 3.8) is 0 Å². The number of hydrogen-bond donors (Lipinski definition) is 3. The lowest BCUT2D eigenvalue weighted by Crippen LogP contribution is -2.16. The highest BCUT2D eigenvalue weighted by Gasteiger charge is 2.23. The number of anilines is 3. The SMILES string of the molecule is CN(C)c1nc(NCc2ccccc2)nc(NN=Cc2cc([N+](=O)[O-])cc([N+](=O)[O-])c2O)n1. The summed E-state index contributed by atoms with van der Waals surface area (Å²) in [5, 5.41) is 39.1. The number of phenols is 1. The Morgan fingerprint density at radius 2 is 1.76 bits per heavy atom. The maximum Gasteiger partial charge on any atom is 0.318 e. The van der Waals surface area contributed by atoms with Gasteiger partial charge in [0.25, 0.3) is 5.69 Å². The molecule has 0 unspecified atom stereocenters. The van der Waals surface area contributed by atoms with Gasteiger partial charge in [0.15, 0.2) is 0 Å². The lowest BCUT2D eigenvalue weighted by atomic mass is 10.1. The minimum Gasteiger partial charge on any atom is -0.502 e. The molecule has 3 aromatic rings. The van der Waals surface area contributed by atoms with E-state index in [1.165, 1.54) is 0 Å². The molecule has 0 aliphatic carbocycles. The number of aromatic nitrogens is 3. The Labute approximate surface area is 186 Å². The van der Waals surface area contributed by atoms with Crippen molar-refractivity contribution in [1.82, 2.24) is 15.0 Å². The highest BCUT2D eigenvalue weighted by Crippen LogP contribution is 2.33. The normalized spacial score (nSPS) is 10.7. The molecule has 170 valence electrons. The number of non-ortho nitro benzene ring substituents is 1. The summed E-state index contributed by atoms with van der Waals surface area (Å²) in [5.41, 5.74) is 1.95. The zero-order valence-corrected chi connectivity index (χ0v) is 17.5. The summed E-state index contributed by atoms with van der Waals surface area (Å²) in [6.45, 7) is 0.464. The maximum atomic E-state index is 11.1. The number of nitro groups is 2. The standard InChI is InChI=1S/C19H19N9O5/c1-26(2)19-23-17(20-10-12-6-4-3-5-7-12)22-18(24-19)25-21-11-13-8-14(27(30)31)9-15(16(13)29)28(32)33/h3-9,11,29H,10H2,1-2H3,(H2,20,22,23,24,25). The molecule has 14 nitrogen and oxygen atoms in total. The Hall–Kier alpha value is -4.88. The van der Waals surface area contributed by atoms with Crippen molar-refractivity contribution >= 4 is 35.4 Å². The van der Waals surface area contributed by atoms with E-state index >= 15 is 0 Å². The first kappa shape index (κ1) is 22.8. The molecular formula is C19H19N9O5. The molecule has 0 aliphatic heterocycles. The first-order chi connectivity index (χ1) is 15.7. The van der Waals surface area contributed by atoms with Gasteiger partial charge < -0.3 is 15.3 Å². The van der Waals surface area contributed by atoms with Crippen LogP contribution >= 0.6 is 0 Å². The van der Waals surface area contributed by atoms with Gasteiger partial charge in [0, 0.05) is 26.7 Å². The van der Waals surface area contributed by atoms with E-state index in [-0.39, 0.29) is 17.5 Å². The van der Waals surface area contributed by atoms with E-state index in [9.17, 15) is 25.3 Å². The minimum atomic E-state index is -0.923. The first-order valence-electron chi connectivity index (χ1n) is 9.40. The summed E-state index contributed by atoms with van der Waals surface area (Å²) < 4.78 is 0. The Balaban J connectivity index is 1.83. The first-order valence-corrected chi connectivity index (χ1v) is 9.40. The van der Waals surface area contributed by atoms with Gasteiger partial charge >= 0.3 is 5.69 Å². The molecule has 0 radical (unpaired) electrons. The number of nitrogens with zero attached hydrogens (tertiary/aromatic N) is 7. The number of benzene rings is 2.